The monoisotopic (exact) mass is 242 g/mol. The van der Waals surface area contributed by atoms with Crippen LogP contribution in [0.15, 0.2) is 34.4 Å². The molecule has 0 aliphatic carbocycles. The fourth-order valence-electron chi connectivity index (χ4n) is 0.987. The van der Waals surface area contributed by atoms with Gasteiger partial charge in [-0.1, -0.05) is 6.07 Å². The van der Waals surface area contributed by atoms with Gasteiger partial charge in [0.05, 0.1) is 6.54 Å². The molecule has 0 radical (unpaired) electrons. The van der Waals surface area contributed by atoms with Gasteiger partial charge in [-0.3, -0.25) is 4.68 Å². The van der Waals surface area contributed by atoms with Crippen LogP contribution in [0.1, 0.15) is 4.88 Å². The van der Waals surface area contributed by atoms with Gasteiger partial charge in [0.1, 0.15) is 4.60 Å². The summed E-state index contributed by atoms with van der Waals surface area (Å²) in [6, 6.07) is 6.10. The molecule has 0 spiro atoms. The number of rotatable bonds is 2. The number of nitrogens with zero attached hydrogens (tertiary/aromatic N) is 2. The molecule has 2 aromatic rings. The maximum absolute atomic E-state index is 4.23. The molecule has 0 unspecified atom stereocenters. The summed E-state index contributed by atoms with van der Waals surface area (Å²) in [7, 11) is 0. The number of hydrogen-bond donors (Lipinski definition) is 0. The third kappa shape index (κ3) is 1.76. The molecule has 0 bridgehead atoms. The average molecular weight is 243 g/mol. The van der Waals surface area contributed by atoms with Crippen molar-refractivity contribution in [2.45, 2.75) is 6.54 Å². The van der Waals surface area contributed by atoms with Crippen LogP contribution in [0.5, 0.6) is 0 Å². The van der Waals surface area contributed by atoms with E-state index in [1.54, 1.807) is 11.3 Å². The second-order valence-electron chi connectivity index (χ2n) is 2.42. The van der Waals surface area contributed by atoms with E-state index in [1.165, 1.54) is 4.88 Å². The lowest BCUT2D eigenvalue weighted by Gasteiger charge is -1.95. The lowest BCUT2D eigenvalue weighted by Crippen LogP contribution is -1.97. The molecule has 2 aromatic heterocycles. The molecule has 0 atom stereocenters. The topological polar surface area (TPSA) is 17.8 Å². The minimum Gasteiger partial charge on any atom is -0.266 e. The van der Waals surface area contributed by atoms with Crippen LogP contribution >= 0.6 is 27.3 Å². The highest BCUT2D eigenvalue weighted by molar-refractivity contribution is 9.10. The van der Waals surface area contributed by atoms with Crippen molar-refractivity contribution in [1.29, 1.82) is 0 Å². The van der Waals surface area contributed by atoms with Crippen LogP contribution in [0.25, 0.3) is 0 Å². The minimum atomic E-state index is 0.864. The van der Waals surface area contributed by atoms with Crippen molar-refractivity contribution in [3.05, 3.63) is 39.3 Å². The summed E-state index contributed by atoms with van der Waals surface area (Å²) in [5.41, 5.74) is 0. The van der Waals surface area contributed by atoms with Gasteiger partial charge < -0.3 is 0 Å². The Morgan fingerprint density at radius 3 is 3.00 bits per heavy atom. The Balaban J connectivity index is 2.14. The first kappa shape index (κ1) is 8.01. The predicted molar refractivity (Wildman–Crippen MR) is 53.3 cm³/mol. The minimum absolute atomic E-state index is 0.864. The predicted octanol–water partition coefficient (Wildman–Crippen LogP) is 2.76. The summed E-state index contributed by atoms with van der Waals surface area (Å²) in [5.74, 6) is 0. The largest absolute Gasteiger partial charge is 0.266 e. The van der Waals surface area contributed by atoms with Crippen LogP contribution < -0.4 is 0 Å². The van der Waals surface area contributed by atoms with E-state index in [9.17, 15) is 0 Å². The summed E-state index contributed by atoms with van der Waals surface area (Å²) in [5, 5.41) is 6.30. The van der Waals surface area contributed by atoms with E-state index >= 15 is 0 Å². The van der Waals surface area contributed by atoms with Gasteiger partial charge in [-0.15, -0.1) is 11.3 Å². The number of aromatic nitrogens is 2. The van der Waals surface area contributed by atoms with Gasteiger partial charge in [-0.2, -0.15) is 5.10 Å². The molecule has 2 nitrogen and oxygen atoms in total. The van der Waals surface area contributed by atoms with Crippen molar-refractivity contribution in [3.8, 4) is 0 Å². The maximum atomic E-state index is 4.23. The molecule has 0 N–H and O–H groups in total. The van der Waals surface area contributed by atoms with Gasteiger partial charge in [0.15, 0.2) is 0 Å². The Bertz CT molecular complexity index is 353. The lowest BCUT2D eigenvalue weighted by atomic mass is 10.5. The molecule has 4 heteroatoms. The Kier molecular flexibility index (Phi) is 2.28. The van der Waals surface area contributed by atoms with Crippen LogP contribution in [0.4, 0.5) is 0 Å². The molecule has 0 aliphatic rings. The van der Waals surface area contributed by atoms with E-state index in [-0.39, 0.29) is 0 Å². The highest BCUT2D eigenvalue weighted by Crippen LogP contribution is 2.11. The maximum Gasteiger partial charge on any atom is 0.128 e. The van der Waals surface area contributed by atoms with Crippen molar-refractivity contribution >= 4 is 27.3 Å². The Labute approximate surface area is 83.0 Å². The average Bonchev–Trinajstić information content (AvgIpc) is 2.63. The van der Waals surface area contributed by atoms with E-state index in [0.29, 0.717) is 0 Å². The van der Waals surface area contributed by atoms with Gasteiger partial charge in [0.2, 0.25) is 0 Å². The van der Waals surface area contributed by atoms with Crippen LogP contribution in [0.2, 0.25) is 0 Å². The van der Waals surface area contributed by atoms with E-state index in [2.05, 4.69) is 38.5 Å². The summed E-state index contributed by atoms with van der Waals surface area (Å²) >= 11 is 5.06. The molecule has 0 fully saturated rings. The quantitative estimate of drug-likeness (QED) is 0.792. The van der Waals surface area contributed by atoms with E-state index in [1.807, 2.05) is 16.9 Å². The third-order valence-electron chi connectivity index (χ3n) is 1.51. The first-order chi connectivity index (χ1) is 5.84. The highest BCUT2D eigenvalue weighted by atomic mass is 79.9. The van der Waals surface area contributed by atoms with Crippen LogP contribution in [-0.4, -0.2) is 9.78 Å². The third-order valence-corrected chi connectivity index (χ3v) is 2.79. The molecule has 0 saturated carbocycles. The first-order valence-corrected chi connectivity index (χ1v) is 5.23. The van der Waals surface area contributed by atoms with Gasteiger partial charge in [0.25, 0.3) is 0 Å². The molecule has 0 aromatic carbocycles. The molecule has 0 aliphatic heterocycles. The molecular weight excluding hydrogens is 236 g/mol. The van der Waals surface area contributed by atoms with E-state index < -0.39 is 0 Å². The fourth-order valence-corrected chi connectivity index (χ4v) is 2.00. The second kappa shape index (κ2) is 3.41. The number of hydrogen-bond acceptors (Lipinski definition) is 2. The second-order valence-corrected chi connectivity index (χ2v) is 4.26. The standard InChI is InChI=1S/C8H7BrN2S/c9-8-3-4-11(10-8)6-7-2-1-5-12-7/h1-5H,6H2. The lowest BCUT2D eigenvalue weighted by molar-refractivity contribution is 0.689. The fraction of sp³-hybridized carbons (Fsp3) is 0.125. The zero-order valence-electron chi connectivity index (χ0n) is 6.27. The van der Waals surface area contributed by atoms with Crippen molar-refractivity contribution in [1.82, 2.24) is 9.78 Å². The van der Waals surface area contributed by atoms with Crippen LogP contribution in [0, 0.1) is 0 Å². The van der Waals surface area contributed by atoms with Gasteiger partial charge in [-0.05, 0) is 33.4 Å². The van der Waals surface area contributed by atoms with Crippen LogP contribution in [-0.2, 0) is 6.54 Å². The zero-order valence-corrected chi connectivity index (χ0v) is 8.68. The Hall–Kier alpha value is -0.610. The summed E-state index contributed by atoms with van der Waals surface area (Å²) < 4.78 is 2.80. The molecule has 2 heterocycles. The van der Waals surface area contributed by atoms with Crippen molar-refractivity contribution in [2.75, 3.05) is 0 Å². The zero-order chi connectivity index (χ0) is 8.39. The molecule has 2 rings (SSSR count). The van der Waals surface area contributed by atoms with Gasteiger partial charge in [0, 0.05) is 11.1 Å². The Morgan fingerprint density at radius 1 is 1.50 bits per heavy atom. The van der Waals surface area contributed by atoms with E-state index in [0.717, 1.165) is 11.1 Å². The summed E-state index contributed by atoms with van der Waals surface area (Å²) in [6.45, 7) is 0.864. The number of thiophene rings is 1. The Morgan fingerprint density at radius 2 is 2.42 bits per heavy atom. The smallest absolute Gasteiger partial charge is 0.128 e. The molecule has 62 valence electrons. The van der Waals surface area contributed by atoms with E-state index in [4.69, 9.17) is 0 Å². The van der Waals surface area contributed by atoms with Crippen molar-refractivity contribution in [2.24, 2.45) is 0 Å². The number of halogens is 1. The normalized spacial score (nSPS) is 10.4. The first-order valence-electron chi connectivity index (χ1n) is 3.56. The van der Waals surface area contributed by atoms with Crippen molar-refractivity contribution < 1.29 is 0 Å². The highest BCUT2D eigenvalue weighted by Gasteiger charge is 1.96. The van der Waals surface area contributed by atoms with Crippen LogP contribution in [0.3, 0.4) is 0 Å². The van der Waals surface area contributed by atoms with Crippen molar-refractivity contribution in [3.63, 3.8) is 0 Å². The molecule has 0 amide bonds. The van der Waals surface area contributed by atoms with Gasteiger partial charge >= 0.3 is 0 Å². The molecule has 0 saturated heterocycles. The molecule has 12 heavy (non-hydrogen) atoms. The SMILES string of the molecule is Brc1ccn(Cc2cccs2)n1. The van der Waals surface area contributed by atoms with Gasteiger partial charge in [-0.25, -0.2) is 0 Å². The molecular formula is C8H7BrN2S. The summed E-state index contributed by atoms with van der Waals surface area (Å²) in [4.78, 5) is 1.32. The summed E-state index contributed by atoms with van der Waals surface area (Å²) in [6.07, 6.45) is 1.96.